The van der Waals surface area contributed by atoms with Gasteiger partial charge in [0.25, 0.3) is 0 Å². The van der Waals surface area contributed by atoms with Gasteiger partial charge in [0.15, 0.2) is 10.8 Å². The average Bonchev–Trinajstić information content (AvgIpc) is 3.01. The lowest BCUT2D eigenvalue weighted by Gasteiger charge is -2.16. The van der Waals surface area contributed by atoms with Crippen LogP contribution >= 0.6 is 31.1 Å². The lowest BCUT2D eigenvalue weighted by molar-refractivity contribution is 0.125. The quantitative estimate of drug-likeness (QED) is 0.183. The molecule has 0 bridgehead atoms. The summed E-state index contributed by atoms with van der Waals surface area (Å²) in [6.07, 6.45) is 5.60. The molecule has 0 aliphatic heterocycles. The number of aromatic nitrogens is 4. The standard InChI is InChI=1S/C14H23N4O4PS2/c1-5-21-23(19,22-6-2)10-20-8-7-18-12-11(9-15-18)13(24-3)17-14(16-12)25-4/h9H,5-8,10H2,1-4H3. The first-order valence-corrected chi connectivity index (χ1v) is 12.0. The van der Waals surface area contributed by atoms with Crippen molar-refractivity contribution in [3.63, 3.8) is 0 Å². The Balaban J connectivity index is 2.02. The Morgan fingerprint density at radius 1 is 1.16 bits per heavy atom. The maximum absolute atomic E-state index is 12.3. The van der Waals surface area contributed by atoms with Crippen LogP contribution in [0.4, 0.5) is 0 Å². The lowest BCUT2D eigenvalue weighted by Crippen LogP contribution is -2.11. The summed E-state index contributed by atoms with van der Waals surface area (Å²) >= 11 is 3.05. The summed E-state index contributed by atoms with van der Waals surface area (Å²) in [7, 11) is -3.18. The summed E-state index contributed by atoms with van der Waals surface area (Å²) in [5.74, 6) is 0. The zero-order valence-corrected chi connectivity index (χ0v) is 17.3. The van der Waals surface area contributed by atoms with Gasteiger partial charge in [-0.25, -0.2) is 14.6 Å². The van der Waals surface area contributed by atoms with E-state index in [9.17, 15) is 4.57 Å². The van der Waals surface area contributed by atoms with Crippen LogP contribution in [0.1, 0.15) is 13.8 Å². The predicted molar refractivity (Wildman–Crippen MR) is 101 cm³/mol. The minimum Gasteiger partial charge on any atom is -0.367 e. The zero-order valence-electron chi connectivity index (χ0n) is 14.8. The van der Waals surface area contributed by atoms with Crippen molar-refractivity contribution in [2.24, 2.45) is 0 Å². The molecule has 0 N–H and O–H groups in total. The van der Waals surface area contributed by atoms with Crippen LogP contribution in [-0.2, 0) is 24.9 Å². The average molecular weight is 406 g/mol. The van der Waals surface area contributed by atoms with Crippen molar-refractivity contribution < 1.29 is 18.3 Å². The van der Waals surface area contributed by atoms with Gasteiger partial charge in [0.1, 0.15) is 11.4 Å². The molecule has 0 saturated heterocycles. The normalized spacial score (nSPS) is 12.2. The largest absolute Gasteiger partial charge is 0.367 e. The molecule has 0 fully saturated rings. The first-order valence-electron chi connectivity index (χ1n) is 7.84. The van der Waals surface area contributed by atoms with E-state index in [1.165, 1.54) is 11.8 Å². The van der Waals surface area contributed by atoms with Gasteiger partial charge in [-0.15, -0.1) is 11.8 Å². The Kier molecular flexibility index (Phi) is 8.18. The van der Waals surface area contributed by atoms with Gasteiger partial charge in [0.05, 0.1) is 37.9 Å². The van der Waals surface area contributed by atoms with Crippen LogP contribution in [0, 0.1) is 0 Å². The summed E-state index contributed by atoms with van der Waals surface area (Å²) in [5, 5.41) is 6.89. The van der Waals surface area contributed by atoms with Gasteiger partial charge in [-0.1, -0.05) is 11.8 Å². The van der Waals surface area contributed by atoms with E-state index in [-0.39, 0.29) is 6.35 Å². The summed E-state index contributed by atoms with van der Waals surface area (Å²) in [5.41, 5.74) is 0.769. The molecule has 2 aromatic heterocycles. The molecule has 0 radical (unpaired) electrons. The number of thioether (sulfide) groups is 2. The number of ether oxygens (including phenoxy) is 1. The number of rotatable bonds is 11. The van der Waals surface area contributed by atoms with E-state index in [4.69, 9.17) is 13.8 Å². The number of nitrogens with zero attached hydrogens (tertiary/aromatic N) is 4. The molecule has 0 aliphatic carbocycles. The van der Waals surface area contributed by atoms with E-state index in [0.717, 1.165) is 16.1 Å². The maximum atomic E-state index is 12.3. The van der Waals surface area contributed by atoms with Gasteiger partial charge in [0.2, 0.25) is 0 Å². The summed E-state index contributed by atoms with van der Waals surface area (Å²) in [6.45, 7) is 4.99. The molecule has 0 aliphatic rings. The number of fused-ring (bicyclic) bond motifs is 1. The fraction of sp³-hybridized carbons (Fsp3) is 0.643. The topological polar surface area (TPSA) is 88.4 Å². The van der Waals surface area contributed by atoms with E-state index in [0.29, 0.717) is 31.5 Å². The molecular weight excluding hydrogens is 383 g/mol. The molecule has 8 nitrogen and oxygen atoms in total. The zero-order chi connectivity index (χ0) is 18.3. The number of hydrogen-bond acceptors (Lipinski definition) is 9. The molecular formula is C14H23N4O4PS2. The van der Waals surface area contributed by atoms with Crippen LogP contribution in [0.15, 0.2) is 16.4 Å². The van der Waals surface area contributed by atoms with Crippen LogP contribution in [0.5, 0.6) is 0 Å². The molecule has 2 heterocycles. The van der Waals surface area contributed by atoms with Gasteiger partial charge in [-0.2, -0.15) is 5.10 Å². The fourth-order valence-corrected chi connectivity index (χ4v) is 4.48. The van der Waals surface area contributed by atoms with E-state index in [1.54, 1.807) is 36.5 Å². The van der Waals surface area contributed by atoms with Crippen LogP contribution < -0.4 is 0 Å². The third-order valence-electron chi connectivity index (χ3n) is 3.17. The second-order valence-electron chi connectivity index (χ2n) is 4.81. The molecule has 0 saturated carbocycles. The maximum Gasteiger partial charge on any atom is 0.356 e. The minimum atomic E-state index is -3.18. The summed E-state index contributed by atoms with van der Waals surface area (Å²) < 4.78 is 30.0. The third kappa shape index (κ3) is 5.42. The predicted octanol–water partition coefficient (Wildman–Crippen LogP) is 3.51. The van der Waals surface area contributed by atoms with E-state index in [1.807, 2.05) is 12.5 Å². The lowest BCUT2D eigenvalue weighted by atomic mass is 10.4. The van der Waals surface area contributed by atoms with Crippen molar-refractivity contribution in [3.05, 3.63) is 6.20 Å². The second-order valence-corrected chi connectivity index (χ2v) is 8.37. The van der Waals surface area contributed by atoms with Crippen LogP contribution in [0.3, 0.4) is 0 Å². The Labute approximate surface area is 155 Å². The van der Waals surface area contributed by atoms with E-state index in [2.05, 4.69) is 15.1 Å². The molecule has 2 rings (SSSR count). The van der Waals surface area contributed by atoms with Gasteiger partial charge in [-0.3, -0.25) is 4.57 Å². The monoisotopic (exact) mass is 406 g/mol. The Morgan fingerprint density at radius 3 is 2.48 bits per heavy atom. The highest BCUT2D eigenvalue weighted by Gasteiger charge is 2.23. The van der Waals surface area contributed by atoms with E-state index < -0.39 is 7.60 Å². The first kappa shape index (κ1) is 20.7. The van der Waals surface area contributed by atoms with Crippen LogP contribution in [-0.4, -0.2) is 58.4 Å². The van der Waals surface area contributed by atoms with Gasteiger partial charge >= 0.3 is 7.60 Å². The highest BCUT2D eigenvalue weighted by molar-refractivity contribution is 7.99. The molecule has 25 heavy (non-hydrogen) atoms. The Morgan fingerprint density at radius 2 is 1.88 bits per heavy atom. The van der Waals surface area contributed by atoms with Crippen molar-refractivity contribution in [2.75, 3.05) is 38.7 Å². The molecule has 0 aromatic carbocycles. The van der Waals surface area contributed by atoms with Gasteiger partial charge < -0.3 is 13.8 Å². The SMILES string of the molecule is CCOP(=O)(COCCn1ncc2c(SC)nc(SC)nc21)OCC. The van der Waals surface area contributed by atoms with Crippen LogP contribution in [0.2, 0.25) is 0 Å². The number of hydrogen-bond donors (Lipinski definition) is 0. The Hall–Kier alpha value is -0.640. The first-order chi connectivity index (χ1) is 12.1. The molecule has 0 amide bonds. The van der Waals surface area contributed by atoms with E-state index >= 15 is 0 Å². The fourth-order valence-electron chi connectivity index (χ4n) is 2.15. The molecule has 0 unspecified atom stereocenters. The van der Waals surface area contributed by atoms with Gasteiger partial charge in [0, 0.05) is 0 Å². The van der Waals surface area contributed by atoms with Crippen molar-refractivity contribution in [1.82, 2.24) is 19.7 Å². The second kappa shape index (κ2) is 9.89. The summed E-state index contributed by atoms with van der Waals surface area (Å²) in [4.78, 5) is 9.01. The highest BCUT2D eigenvalue weighted by Crippen LogP contribution is 2.47. The smallest absolute Gasteiger partial charge is 0.356 e. The Bertz CT molecular complexity index is 733. The van der Waals surface area contributed by atoms with Crippen molar-refractivity contribution in [2.45, 2.75) is 30.6 Å². The summed E-state index contributed by atoms with van der Waals surface area (Å²) in [6, 6.07) is 0. The molecule has 2 aromatic rings. The third-order valence-corrected chi connectivity index (χ3v) is 6.21. The molecule has 0 spiro atoms. The van der Waals surface area contributed by atoms with Crippen molar-refractivity contribution in [3.8, 4) is 0 Å². The van der Waals surface area contributed by atoms with Crippen LogP contribution in [0.25, 0.3) is 11.0 Å². The molecule has 11 heteroatoms. The van der Waals surface area contributed by atoms with Gasteiger partial charge in [-0.05, 0) is 26.4 Å². The van der Waals surface area contributed by atoms with Crippen molar-refractivity contribution >= 4 is 42.2 Å². The highest BCUT2D eigenvalue weighted by atomic mass is 32.2. The molecule has 0 atom stereocenters. The minimum absolute atomic E-state index is 0.0744. The van der Waals surface area contributed by atoms with Crippen molar-refractivity contribution in [1.29, 1.82) is 0 Å². The molecule has 140 valence electrons.